The zero-order chi connectivity index (χ0) is 14.1. The number of fused-ring (bicyclic) bond motifs is 1. The minimum Gasteiger partial charge on any atom is -0.351 e. The van der Waals surface area contributed by atoms with Crippen LogP contribution in [0.4, 0.5) is 0 Å². The largest absolute Gasteiger partial charge is 0.351 e. The number of carbonyl (C=O) groups excluding carboxylic acids is 1. The molecule has 0 aliphatic heterocycles. The van der Waals surface area contributed by atoms with Gasteiger partial charge >= 0.3 is 0 Å². The first-order chi connectivity index (χ1) is 9.63. The molecule has 1 aliphatic carbocycles. The molecule has 2 atom stereocenters. The van der Waals surface area contributed by atoms with Crippen molar-refractivity contribution in [3.05, 3.63) is 35.0 Å². The Morgan fingerprint density at radius 2 is 2.05 bits per heavy atom. The number of hydrogen-bond donors (Lipinski definition) is 3. The van der Waals surface area contributed by atoms with E-state index in [2.05, 4.69) is 10.3 Å². The fraction of sp³-hybridized carbons (Fsp3) is 0.400. The van der Waals surface area contributed by atoms with Gasteiger partial charge in [0.1, 0.15) is 5.69 Å². The summed E-state index contributed by atoms with van der Waals surface area (Å²) in [6.07, 6.45) is 4.21. The highest BCUT2D eigenvalue weighted by Crippen LogP contribution is 2.21. The number of hydrogen-bond acceptors (Lipinski definition) is 2. The number of benzene rings is 1. The van der Waals surface area contributed by atoms with E-state index in [1.165, 1.54) is 0 Å². The van der Waals surface area contributed by atoms with E-state index in [0.29, 0.717) is 10.7 Å². The van der Waals surface area contributed by atoms with E-state index >= 15 is 0 Å². The number of H-pyrrole nitrogens is 1. The smallest absolute Gasteiger partial charge is 0.268 e. The fourth-order valence-electron chi connectivity index (χ4n) is 2.81. The zero-order valence-corrected chi connectivity index (χ0v) is 13.1. The van der Waals surface area contributed by atoms with Gasteiger partial charge in [0, 0.05) is 28.0 Å². The standard InChI is InChI=1S/C15H18ClN3O.ClH/c16-10-5-6-12-9(7-10)8-14(18-12)15(20)19-13-4-2-1-3-11(13)17;/h5-8,11,13,18H,1-4,17H2,(H,19,20);1H/t11-,13-;/m1./s1. The van der Waals surface area contributed by atoms with Gasteiger partial charge in [0.25, 0.3) is 5.91 Å². The van der Waals surface area contributed by atoms with Crippen LogP contribution in [0.5, 0.6) is 0 Å². The molecule has 1 aromatic carbocycles. The molecule has 6 heteroatoms. The van der Waals surface area contributed by atoms with Gasteiger partial charge in [-0.2, -0.15) is 0 Å². The summed E-state index contributed by atoms with van der Waals surface area (Å²) < 4.78 is 0. The van der Waals surface area contributed by atoms with Gasteiger partial charge in [-0.05, 0) is 37.1 Å². The summed E-state index contributed by atoms with van der Waals surface area (Å²) in [7, 11) is 0. The summed E-state index contributed by atoms with van der Waals surface area (Å²) in [6.45, 7) is 0. The molecule has 0 unspecified atom stereocenters. The molecule has 4 N–H and O–H groups in total. The summed E-state index contributed by atoms with van der Waals surface area (Å²) in [5, 5.41) is 4.64. The molecule has 1 aliphatic rings. The molecule has 4 nitrogen and oxygen atoms in total. The molecule has 0 radical (unpaired) electrons. The number of aromatic amines is 1. The number of carbonyl (C=O) groups is 1. The predicted molar refractivity (Wildman–Crippen MR) is 88.3 cm³/mol. The van der Waals surface area contributed by atoms with E-state index in [0.717, 1.165) is 36.6 Å². The van der Waals surface area contributed by atoms with Crippen molar-refractivity contribution in [2.45, 2.75) is 37.8 Å². The normalized spacial score (nSPS) is 21.8. The van der Waals surface area contributed by atoms with Crippen molar-refractivity contribution in [2.24, 2.45) is 5.73 Å². The first-order valence-electron chi connectivity index (χ1n) is 6.98. The van der Waals surface area contributed by atoms with Gasteiger partial charge in [-0.3, -0.25) is 4.79 Å². The first kappa shape index (κ1) is 16.1. The van der Waals surface area contributed by atoms with Crippen LogP contribution < -0.4 is 11.1 Å². The molecule has 1 fully saturated rings. The highest BCUT2D eigenvalue weighted by atomic mass is 35.5. The number of amides is 1. The third kappa shape index (κ3) is 3.51. The van der Waals surface area contributed by atoms with Gasteiger partial charge < -0.3 is 16.0 Å². The lowest BCUT2D eigenvalue weighted by Gasteiger charge is -2.29. The van der Waals surface area contributed by atoms with Crippen molar-refractivity contribution in [1.82, 2.24) is 10.3 Å². The predicted octanol–water partition coefficient (Wildman–Crippen LogP) is 3.24. The van der Waals surface area contributed by atoms with E-state index < -0.39 is 0 Å². The highest BCUT2D eigenvalue weighted by molar-refractivity contribution is 6.31. The maximum atomic E-state index is 12.3. The third-order valence-electron chi connectivity index (χ3n) is 3.96. The molecule has 0 saturated heterocycles. The highest BCUT2D eigenvalue weighted by Gasteiger charge is 2.24. The summed E-state index contributed by atoms with van der Waals surface area (Å²) in [6, 6.07) is 7.49. The molecular weight excluding hydrogens is 309 g/mol. The third-order valence-corrected chi connectivity index (χ3v) is 4.20. The summed E-state index contributed by atoms with van der Waals surface area (Å²) in [5.41, 5.74) is 7.52. The summed E-state index contributed by atoms with van der Waals surface area (Å²) in [4.78, 5) is 15.4. The van der Waals surface area contributed by atoms with Crippen LogP contribution in [0.2, 0.25) is 5.02 Å². The molecule has 1 aromatic heterocycles. The summed E-state index contributed by atoms with van der Waals surface area (Å²) in [5.74, 6) is -0.0975. The lowest BCUT2D eigenvalue weighted by molar-refractivity contribution is 0.0917. The summed E-state index contributed by atoms with van der Waals surface area (Å²) >= 11 is 5.95. The van der Waals surface area contributed by atoms with Gasteiger partial charge in [0.15, 0.2) is 0 Å². The van der Waals surface area contributed by atoms with Gasteiger partial charge in [-0.25, -0.2) is 0 Å². The minimum atomic E-state index is -0.0975. The molecule has 0 bridgehead atoms. The number of nitrogens with one attached hydrogen (secondary N) is 2. The Bertz CT molecular complexity index is 641. The average Bonchev–Trinajstić information content (AvgIpc) is 2.84. The second kappa shape index (κ2) is 6.69. The Kier molecular flexibility index (Phi) is 5.14. The molecule has 0 spiro atoms. The van der Waals surface area contributed by atoms with Crippen LogP contribution >= 0.6 is 24.0 Å². The van der Waals surface area contributed by atoms with Crippen molar-refractivity contribution in [3.63, 3.8) is 0 Å². The maximum absolute atomic E-state index is 12.3. The van der Waals surface area contributed by atoms with Crippen LogP contribution in [0.1, 0.15) is 36.2 Å². The fourth-order valence-corrected chi connectivity index (χ4v) is 2.99. The molecule has 1 amide bonds. The molecule has 1 heterocycles. The number of rotatable bonds is 2. The van der Waals surface area contributed by atoms with E-state index in [-0.39, 0.29) is 30.4 Å². The van der Waals surface area contributed by atoms with Gasteiger partial charge in [-0.15, -0.1) is 12.4 Å². The number of aromatic nitrogens is 1. The second-order valence-corrected chi connectivity index (χ2v) is 5.88. The van der Waals surface area contributed by atoms with E-state index in [1.54, 1.807) is 6.07 Å². The van der Waals surface area contributed by atoms with Crippen LogP contribution in [0.15, 0.2) is 24.3 Å². The lowest BCUT2D eigenvalue weighted by Crippen LogP contribution is -2.49. The molecule has 114 valence electrons. The van der Waals surface area contributed by atoms with Crippen LogP contribution in [0.3, 0.4) is 0 Å². The molecule has 3 rings (SSSR count). The van der Waals surface area contributed by atoms with E-state index in [9.17, 15) is 4.79 Å². The van der Waals surface area contributed by atoms with Crippen molar-refractivity contribution < 1.29 is 4.79 Å². The quantitative estimate of drug-likeness (QED) is 0.792. The van der Waals surface area contributed by atoms with Crippen molar-refractivity contribution in [2.75, 3.05) is 0 Å². The Balaban J connectivity index is 0.00000161. The van der Waals surface area contributed by atoms with E-state index in [4.69, 9.17) is 17.3 Å². The Morgan fingerprint density at radius 3 is 2.81 bits per heavy atom. The SMILES string of the molecule is Cl.N[C@@H]1CCCC[C@H]1NC(=O)c1cc2cc(Cl)ccc2[nH]1. The van der Waals surface area contributed by atoms with Crippen molar-refractivity contribution >= 4 is 40.8 Å². The van der Waals surface area contributed by atoms with Crippen molar-refractivity contribution in [3.8, 4) is 0 Å². The minimum absolute atomic E-state index is 0. The molecular formula is C15H19Cl2N3O. The second-order valence-electron chi connectivity index (χ2n) is 5.44. The monoisotopic (exact) mass is 327 g/mol. The lowest BCUT2D eigenvalue weighted by atomic mass is 9.91. The average molecular weight is 328 g/mol. The van der Waals surface area contributed by atoms with Crippen LogP contribution in [-0.2, 0) is 0 Å². The number of halogens is 2. The van der Waals surface area contributed by atoms with Gasteiger partial charge in [0.05, 0.1) is 0 Å². The van der Waals surface area contributed by atoms with Gasteiger partial charge in [-0.1, -0.05) is 24.4 Å². The molecule has 1 saturated carbocycles. The first-order valence-corrected chi connectivity index (χ1v) is 7.36. The van der Waals surface area contributed by atoms with Crippen LogP contribution in [0.25, 0.3) is 10.9 Å². The zero-order valence-electron chi connectivity index (χ0n) is 11.6. The maximum Gasteiger partial charge on any atom is 0.268 e. The topological polar surface area (TPSA) is 70.9 Å². The van der Waals surface area contributed by atoms with E-state index in [1.807, 2.05) is 18.2 Å². The Hall–Kier alpha value is -1.23. The van der Waals surface area contributed by atoms with Gasteiger partial charge in [0.2, 0.25) is 0 Å². The Morgan fingerprint density at radius 1 is 1.29 bits per heavy atom. The Labute approximate surface area is 134 Å². The molecule has 2 aromatic rings. The molecule has 21 heavy (non-hydrogen) atoms. The number of nitrogens with two attached hydrogens (primary N) is 1. The van der Waals surface area contributed by atoms with Crippen LogP contribution in [-0.4, -0.2) is 23.0 Å². The van der Waals surface area contributed by atoms with Crippen molar-refractivity contribution in [1.29, 1.82) is 0 Å². The van der Waals surface area contributed by atoms with Crippen LogP contribution in [0, 0.1) is 0 Å².